The largest absolute Gasteiger partial charge is 0.507 e. The number of carboxylic acids is 2. The molecule has 0 heterocycles. The van der Waals surface area contributed by atoms with Crippen LogP contribution < -0.4 is 5.73 Å². The summed E-state index contributed by atoms with van der Waals surface area (Å²) in [4.78, 5) is 27.3. The quantitative estimate of drug-likeness (QED) is 0.101. The molecule has 2 rings (SSSR count). The van der Waals surface area contributed by atoms with E-state index in [-0.39, 0.29) is 46.7 Å². The number of para-hydroxylation sites is 2. The first-order valence-electron chi connectivity index (χ1n) is 14.1. The summed E-state index contributed by atoms with van der Waals surface area (Å²) in [5.41, 5.74) is 5.06. The van der Waals surface area contributed by atoms with Crippen LogP contribution in [-0.2, 0) is 22.8 Å². The first kappa shape index (κ1) is 35.9. The Bertz CT molecular complexity index is 1210. The lowest BCUT2D eigenvalue weighted by Gasteiger charge is -2.53. The molecule has 13 heteroatoms. The summed E-state index contributed by atoms with van der Waals surface area (Å²) in [5.74, 6) is -3.07. The SMILES string of the molecule is CC(c1cccc(CO)c1O)N(CC(=O)O)C(CO)C(CO)(CCCCN)N(CC(=O)O)C(C)c1cccc(CO)c1O. The van der Waals surface area contributed by atoms with E-state index in [1.807, 2.05) is 0 Å². The van der Waals surface area contributed by atoms with Crippen LogP contribution in [0.4, 0.5) is 0 Å². The topological polar surface area (TPSA) is 228 Å². The monoisotopic (exact) mass is 607 g/mol. The maximum atomic E-state index is 12.3. The van der Waals surface area contributed by atoms with E-state index in [1.165, 1.54) is 21.9 Å². The molecule has 2 aromatic rings. The van der Waals surface area contributed by atoms with Crippen molar-refractivity contribution >= 4 is 11.9 Å². The number of nitrogens with two attached hydrogens (primary N) is 1. The highest BCUT2D eigenvalue weighted by atomic mass is 16.4. The predicted molar refractivity (Wildman–Crippen MR) is 157 cm³/mol. The number of benzene rings is 2. The van der Waals surface area contributed by atoms with Crippen molar-refractivity contribution in [2.75, 3.05) is 32.8 Å². The Kier molecular flexibility index (Phi) is 13.8. The van der Waals surface area contributed by atoms with Crippen LogP contribution in [0.1, 0.15) is 67.4 Å². The van der Waals surface area contributed by atoms with Crippen molar-refractivity contribution < 1.29 is 50.4 Å². The molecule has 0 aliphatic rings. The van der Waals surface area contributed by atoms with E-state index < -0.39 is 75.1 Å². The zero-order chi connectivity index (χ0) is 32.3. The molecule has 13 nitrogen and oxygen atoms in total. The van der Waals surface area contributed by atoms with Gasteiger partial charge in [-0.2, -0.15) is 0 Å². The highest BCUT2D eigenvalue weighted by molar-refractivity contribution is 5.70. The minimum absolute atomic E-state index is 0.0789. The molecule has 0 saturated heterocycles. The van der Waals surface area contributed by atoms with Gasteiger partial charge in [0.2, 0.25) is 0 Å². The smallest absolute Gasteiger partial charge is 0.317 e. The Labute approximate surface area is 251 Å². The summed E-state index contributed by atoms with van der Waals surface area (Å²) in [5, 5.41) is 83.3. The number of nitrogens with zero attached hydrogens (tertiary/aromatic N) is 2. The first-order valence-corrected chi connectivity index (χ1v) is 14.1. The van der Waals surface area contributed by atoms with E-state index >= 15 is 0 Å². The minimum atomic E-state index is -1.61. The molecular weight excluding hydrogens is 562 g/mol. The van der Waals surface area contributed by atoms with Crippen LogP contribution in [0.15, 0.2) is 36.4 Å². The molecule has 4 atom stereocenters. The van der Waals surface area contributed by atoms with Gasteiger partial charge in [0, 0.05) is 34.3 Å². The van der Waals surface area contributed by atoms with Crippen LogP contribution in [0.5, 0.6) is 11.5 Å². The third kappa shape index (κ3) is 8.21. The van der Waals surface area contributed by atoms with Gasteiger partial charge in [0.15, 0.2) is 0 Å². The van der Waals surface area contributed by atoms with Crippen LogP contribution >= 0.6 is 0 Å². The summed E-state index contributed by atoms with van der Waals surface area (Å²) in [6.07, 6.45) is 0.934. The summed E-state index contributed by atoms with van der Waals surface area (Å²) >= 11 is 0. The number of rotatable bonds is 19. The fourth-order valence-corrected chi connectivity index (χ4v) is 5.93. The average molecular weight is 608 g/mol. The Morgan fingerprint density at radius 2 is 1.33 bits per heavy atom. The first-order chi connectivity index (χ1) is 20.4. The van der Waals surface area contributed by atoms with Crippen molar-refractivity contribution in [2.45, 2.75) is 70.0 Å². The zero-order valence-corrected chi connectivity index (χ0v) is 24.6. The van der Waals surface area contributed by atoms with Crippen molar-refractivity contribution in [3.05, 3.63) is 58.7 Å². The van der Waals surface area contributed by atoms with Gasteiger partial charge in [-0.3, -0.25) is 19.4 Å². The van der Waals surface area contributed by atoms with Gasteiger partial charge in [-0.25, -0.2) is 0 Å². The van der Waals surface area contributed by atoms with E-state index in [4.69, 9.17) is 5.73 Å². The second kappa shape index (κ2) is 16.5. The molecule has 240 valence electrons. The molecule has 10 N–H and O–H groups in total. The van der Waals surface area contributed by atoms with Gasteiger partial charge in [-0.1, -0.05) is 42.8 Å². The van der Waals surface area contributed by atoms with Gasteiger partial charge in [-0.15, -0.1) is 0 Å². The molecule has 4 unspecified atom stereocenters. The third-order valence-corrected chi connectivity index (χ3v) is 8.23. The number of carboxylic acid groups (broad SMARTS) is 2. The molecule has 2 aromatic carbocycles. The van der Waals surface area contributed by atoms with Gasteiger partial charge in [0.05, 0.1) is 51.1 Å². The maximum Gasteiger partial charge on any atom is 0.317 e. The van der Waals surface area contributed by atoms with Gasteiger partial charge in [0.25, 0.3) is 0 Å². The maximum absolute atomic E-state index is 12.3. The van der Waals surface area contributed by atoms with Crippen molar-refractivity contribution in [3.63, 3.8) is 0 Å². The lowest BCUT2D eigenvalue weighted by atomic mass is 9.79. The van der Waals surface area contributed by atoms with Crippen LogP contribution in [0, 0.1) is 0 Å². The van der Waals surface area contributed by atoms with E-state index in [0.717, 1.165) is 0 Å². The fraction of sp³-hybridized carbons (Fsp3) is 0.533. The number of aliphatic carboxylic acids is 2. The van der Waals surface area contributed by atoms with Gasteiger partial charge in [-0.05, 0) is 33.2 Å². The van der Waals surface area contributed by atoms with Gasteiger partial charge < -0.3 is 46.6 Å². The second-order valence-electron chi connectivity index (χ2n) is 10.7. The van der Waals surface area contributed by atoms with Gasteiger partial charge >= 0.3 is 11.9 Å². The van der Waals surface area contributed by atoms with Crippen LogP contribution in [-0.4, -0.2) is 107 Å². The molecule has 0 radical (unpaired) electrons. The average Bonchev–Trinajstić information content (AvgIpc) is 2.98. The molecule has 0 aliphatic carbocycles. The second-order valence-corrected chi connectivity index (χ2v) is 10.7. The normalized spacial score (nSPS) is 15.3. The number of hydrogen-bond donors (Lipinski definition) is 9. The number of aromatic hydroxyl groups is 2. The Hall–Kier alpha value is -3.30. The van der Waals surface area contributed by atoms with E-state index in [2.05, 4.69) is 0 Å². The number of hydrogen-bond acceptors (Lipinski definition) is 11. The lowest BCUT2D eigenvalue weighted by molar-refractivity contribution is -0.151. The highest BCUT2D eigenvalue weighted by Crippen LogP contribution is 2.42. The minimum Gasteiger partial charge on any atom is -0.507 e. The molecule has 0 spiro atoms. The van der Waals surface area contributed by atoms with Crippen molar-refractivity contribution in [2.24, 2.45) is 5.73 Å². The Morgan fingerprint density at radius 1 is 0.814 bits per heavy atom. The molecule has 0 fully saturated rings. The molecule has 0 saturated carbocycles. The van der Waals surface area contributed by atoms with E-state index in [0.29, 0.717) is 12.8 Å². The number of carbonyl (C=O) groups is 2. The highest BCUT2D eigenvalue weighted by Gasteiger charge is 2.50. The molecule has 0 bridgehead atoms. The van der Waals surface area contributed by atoms with Crippen LogP contribution in [0.25, 0.3) is 0 Å². The fourth-order valence-electron chi connectivity index (χ4n) is 5.93. The summed E-state index contributed by atoms with van der Waals surface area (Å²) in [6, 6.07) is 6.27. The third-order valence-electron chi connectivity index (χ3n) is 8.23. The number of aliphatic hydroxyl groups excluding tert-OH is 4. The Balaban J connectivity index is 2.86. The van der Waals surface area contributed by atoms with E-state index in [9.17, 15) is 50.4 Å². The van der Waals surface area contributed by atoms with Crippen LogP contribution in [0.2, 0.25) is 0 Å². The van der Waals surface area contributed by atoms with Crippen molar-refractivity contribution in [1.29, 1.82) is 0 Å². The lowest BCUT2D eigenvalue weighted by Crippen LogP contribution is -2.67. The van der Waals surface area contributed by atoms with Crippen molar-refractivity contribution in [1.82, 2.24) is 9.80 Å². The molecule has 0 amide bonds. The number of unbranched alkanes of at least 4 members (excludes halogenated alkanes) is 1. The molecular formula is C30H45N3O10. The molecule has 0 aromatic heterocycles. The predicted octanol–water partition coefficient (Wildman–Crippen LogP) is 0.899. The number of aliphatic hydroxyl groups is 4. The van der Waals surface area contributed by atoms with Gasteiger partial charge in [0.1, 0.15) is 11.5 Å². The van der Waals surface area contributed by atoms with Crippen LogP contribution in [0.3, 0.4) is 0 Å². The van der Waals surface area contributed by atoms with E-state index in [1.54, 1.807) is 38.1 Å². The zero-order valence-electron chi connectivity index (χ0n) is 24.6. The standard InChI is InChI=1S/C30H45N3O10/c1-19(23-9-5-7-21(15-34)28(23)42)32(13-26(38)39)25(17-36)30(18-37,11-3-4-12-31)33(14-27(40)41)20(2)24-10-6-8-22(16-35)29(24)43/h5-10,19-20,25,34-37,42-43H,3-4,11-18,31H2,1-2H3,(H,38,39)(H,40,41). The summed E-state index contributed by atoms with van der Waals surface area (Å²) < 4.78 is 0. The number of phenols is 2. The molecule has 43 heavy (non-hydrogen) atoms. The summed E-state index contributed by atoms with van der Waals surface area (Å²) in [7, 11) is 0. The Morgan fingerprint density at radius 3 is 1.74 bits per heavy atom. The summed E-state index contributed by atoms with van der Waals surface area (Å²) in [6.45, 7) is -0.205. The van der Waals surface area contributed by atoms with Crippen molar-refractivity contribution in [3.8, 4) is 11.5 Å². The molecule has 0 aliphatic heterocycles.